The third-order valence-electron chi connectivity index (χ3n) is 2.54. The maximum absolute atomic E-state index is 10.5. The van der Waals surface area contributed by atoms with Gasteiger partial charge in [-0.25, -0.2) is 0 Å². The summed E-state index contributed by atoms with van der Waals surface area (Å²) >= 11 is 5.69. The number of hydrogen-bond donors (Lipinski definition) is 1. The van der Waals surface area contributed by atoms with Gasteiger partial charge in [0.25, 0.3) is 0 Å². The number of carboxylic acids is 1. The lowest BCUT2D eigenvalue weighted by Crippen LogP contribution is -2.11. The fraction of sp³-hybridized carbons (Fsp3) is 0.167. The van der Waals surface area contributed by atoms with Crippen molar-refractivity contribution in [2.75, 3.05) is 0 Å². The molecule has 0 unspecified atom stereocenters. The van der Waals surface area contributed by atoms with Crippen LogP contribution in [0.1, 0.15) is 12.5 Å². The number of terminal acetylenes is 1. The van der Waals surface area contributed by atoms with Crippen LogP contribution in [0.4, 0.5) is 0 Å². The van der Waals surface area contributed by atoms with E-state index in [0.29, 0.717) is 11.4 Å². The van der Waals surface area contributed by atoms with Crippen LogP contribution in [-0.2, 0) is 11.2 Å². The van der Waals surface area contributed by atoms with Crippen molar-refractivity contribution in [3.8, 4) is 12.8 Å². The Hall–Kier alpha value is -2.24. The van der Waals surface area contributed by atoms with Gasteiger partial charge < -0.3 is 5.11 Å². The third-order valence-corrected chi connectivity index (χ3v) is 2.80. The number of rotatable bonds is 3. The van der Waals surface area contributed by atoms with Crippen LogP contribution in [-0.4, -0.2) is 11.1 Å². The zero-order valence-electron chi connectivity index (χ0n) is 11.9. The molecule has 110 valence electrons. The molecule has 21 heavy (non-hydrogen) atoms. The molecule has 2 rings (SSSR count). The lowest BCUT2D eigenvalue weighted by molar-refractivity contribution is -0.141. The summed E-state index contributed by atoms with van der Waals surface area (Å²) < 4.78 is 0. The summed E-state index contributed by atoms with van der Waals surface area (Å²) in [6.07, 6.45) is 8.55. The minimum absolute atomic E-state index is 0.346. The molecule has 2 nitrogen and oxygen atoms in total. The van der Waals surface area contributed by atoms with Gasteiger partial charge in [0.1, 0.15) is 0 Å². The number of halogens is 1. The summed E-state index contributed by atoms with van der Waals surface area (Å²) in [6, 6.07) is 19.2. The molecule has 0 saturated carbocycles. The van der Waals surface area contributed by atoms with Gasteiger partial charge in [-0.15, -0.1) is 12.8 Å². The molecule has 0 aliphatic heterocycles. The second kappa shape index (κ2) is 11.6. The number of carboxylic acid groups (broad SMARTS) is 1. The highest BCUT2D eigenvalue weighted by Gasteiger charge is 2.10. The molecule has 0 aliphatic rings. The lowest BCUT2D eigenvalue weighted by Gasteiger charge is -2.05. The Morgan fingerprint density at radius 3 is 1.76 bits per heavy atom. The molecule has 0 amide bonds. The zero-order valence-corrected chi connectivity index (χ0v) is 12.7. The van der Waals surface area contributed by atoms with Gasteiger partial charge in [-0.3, -0.25) is 4.79 Å². The highest BCUT2D eigenvalue weighted by molar-refractivity contribution is 6.30. The van der Waals surface area contributed by atoms with Crippen molar-refractivity contribution in [1.29, 1.82) is 0 Å². The molecule has 0 heterocycles. The van der Waals surface area contributed by atoms with E-state index in [2.05, 4.69) is 12.8 Å². The molecule has 2 aromatic carbocycles. The average molecular weight is 303 g/mol. The Labute approximate surface area is 131 Å². The standard InChI is InChI=1S/C10H11ClO2.C6H6.C2H2/c1-7(10(12)13)6-8-2-4-9(11)5-3-8;1-2-4-6-5-3-1;1-2/h2-5,7H,6H2,1H3,(H,12,13);1-6H;1-2H/t7-;;/m0../s1. The third kappa shape index (κ3) is 9.32. The van der Waals surface area contributed by atoms with E-state index in [9.17, 15) is 4.79 Å². The summed E-state index contributed by atoms with van der Waals surface area (Å²) in [5.41, 5.74) is 0.999. The van der Waals surface area contributed by atoms with Crippen LogP contribution < -0.4 is 0 Å². The van der Waals surface area contributed by atoms with Crippen LogP contribution in [0.15, 0.2) is 60.7 Å². The Balaban J connectivity index is 0.000000416. The van der Waals surface area contributed by atoms with E-state index in [1.54, 1.807) is 19.1 Å². The van der Waals surface area contributed by atoms with E-state index in [-0.39, 0.29) is 5.92 Å². The highest BCUT2D eigenvalue weighted by atomic mass is 35.5. The van der Waals surface area contributed by atoms with Gasteiger partial charge in [0.05, 0.1) is 5.92 Å². The Morgan fingerprint density at radius 1 is 1.05 bits per heavy atom. The molecule has 2 aromatic rings. The minimum atomic E-state index is -0.769. The predicted molar refractivity (Wildman–Crippen MR) is 88.3 cm³/mol. The molecule has 0 spiro atoms. The van der Waals surface area contributed by atoms with Gasteiger partial charge in [0.15, 0.2) is 0 Å². The summed E-state index contributed by atoms with van der Waals surface area (Å²) in [5, 5.41) is 9.34. The topological polar surface area (TPSA) is 37.3 Å². The van der Waals surface area contributed by atoms with Crippen LogP contribution in [0.25, 0.3) is 0 Å². The van der Waals surface area contributed by atoms with Crippen molar-refractivity contribution in [3.05, 3.63) is 71.2 Å². The first-order chi connectivity index (χ1) is 10.1. The van der Waals surface area contributed by atoms with E-state index < -0.39 is 5.97 Å². The molecule has 0 bridgehead atoms. The quantitative estimate of drug-likeness (QED) is 0.845. The SMILES string of the molecule is C#C.C[C@@H](Cc1ccc(Cl)cc1)C(=O)O.c1ccccc1. The zero-order chi connectivity index (χ0) is 16.1. The van der Waals surface area contributed by atoms with Gasteiger partial charge >= 0.3 is 5.97 Å². The molecular formula is C18H19ClO2. The molecule has 1 atom stereocenters. The summed E-state index contributed by atoms with van der Waals surface area (Å²) in [6.45, 7) is 1.69. The second-order valence-electron chi connectivity index (χ2n) is 4.22. The van der Waals surface area contributed by atoms with Crippen molar-refractivity contribution in [2.24, 2.45) is 5.92 Å². The fourth-order valence-electron chi connectivity index (χ4n) is 1.45. The second-order valence-corrected chi connectivity index (χ2v) is 4.66. The summed E-state index contributed by atoms with van der Waals surface area (Å²) in [7, 11) is 0. The fourth-order valence-corrected chi connectivity index (χ4v) is 1.57. The first kappa shape index (κ1) is 18.8. The van der Waals surface area contributed by atoms with E-state index >= 15 is 0 Å². The van der Waals surface area contributed by atoms with Gasteiger partial charge in [-0.2, -0.15) is 0 Å². The molecule has 0 aliphatic carbocycles. The van der Waals surface area contributed by atoms with E-state index in [4.69, 9.17) is 16.7 Å². The van der Waals surface area contributed by atoms with Crippen molar-refractivity contribution in [2.45, 2.75) is 13.3 Å². The average Bonchev–Trinajstić information content (AvgIpc) is 2.54. The molecule has 0 fully saturated rings. The Bertz CT molecular complexity index is 491. The lowest BCUT2D eigenvalue weighted by atomic mass is 10.0. The first-order valence-corrected chi connectivity index (χ1v) is 6.78. The predicted octanol–water partition coefficient (Wildman–Crippen LogP) is 4.54. The smallest absolute Gasteiger partial charge is 0.306 e. The van der Waals surface area contributed by atoms with E-state index in [1.165, 1.54) is 0 Å². The van der Waals surface area contributed by atoms with Gasteiger partial charge in [-0.1, -0.05) is 67.1 Å². The maximum atomic E-state index is 10.5. The molecule has 0 saturated heterocycles. The van der Waals surface area contributed by atoms with E-state index in [1.807, 2.05) is 48.5 Å². The van der Waals surface area contributed by atoms with Crippen molar-refractivity contribution in [3.63, 3.8) is 0 Å². The van der Waals surface area contributed by atoms with E-state index in [0.717, 1.165) is 5.56 Å². The van der Waals surface area contributed by atoms with Gasteiger partial charge in [0.2, 0.25) is 0 Å². The maximum Gasteiger partial charge on any atom is 0.306 e. The molecular weight excluding hydrogens is 284 g/mol. The molecule has 1 N–H and O–H groups in total. The first-order valence-electron chi connectivity index (χ1n) is 6.40. The summed E-state index contributed by atoms with van der Waals surface area (Å²) in [5.74, 6) is -1.11. The largest absolute Gasteiger partial charge is 0.481 e. The monoisotopic (exact) mass is 302 g/mol. The Morgan fingerprint density at radius 2 is 1.43 bits per heavy atom. The number of carbonyl (C=O) groups is 1. The van der Waals surface area contributed by atoms with Crippen LogP contribution >= 0.6 is 11.6 Å². The molecule has 0 aromatic heterocycles. The van der Waals surface area contributed by atoms with Crippen LogP contribution in [0.3, 0.4) is 0 Å². The van der Waals surface area contributed by atoms with Crippen molar-refractivity contribution >= 4 is 17.6 Å². The number of aliphatic carboxylic acids is 1. The number of benzene rings is 2. The van der Waals surface area contributed by atoms with Crippen molar-refractivity contribution < 1.29 is 9.90 Å². The number of hydrogen-bond acceptors (Lipinski definition) is 1. The minimum Gasteiger partial charge on any atom is -0.481 e. The molecule has 3 heteroatoms. The summed E-state index contributed by atoms with van der Waals surface area (Å²) in [4.78, 5) is 10.5. The van der Waals surface area contributed by atoms with Gasteiger partial charge in [0, 0.05) is 5.02 Å². The van der Waals surface area contributed by atoms with Crippen LogP contribution in [0.5, 0.6) is 0 Å². The van der Waals surface area contributed by atoms with Crippen molar-refractivity contribution in [1.82, 2.24) is 0 Å². The van der Waals surface area contributed by atoms with Crippen LogP contribution in [0, 0.1) is 18.8 Å². The highest BCUT2D eigenvalue weighted by Crippen LogP contribution is 2.13. The Kier molecular flexibility index (Phi) is 10.3. The van der Waals surface area contributed by atoms with Gasteiger partial charge in [-0.05, 0) is 24.1 Å². The normalized spacial score (nSPS) is 10.1. The van der Waals surface area contributed by atoms with Crippen LogP contribution in [0.2, 0.25) is 5.02 Å². The molecule has 0 radical (unpaired) electrons.